The highest BCUT2D eigenvalue weighted by molar-refractivity contribution is 6.46. The van der Waals surface area contributed by atoms with Gasteiger partial charge in [-0.05, 0) is 43.8 Å². The molecule has 0 spiro atoms. The van der Waals surface area contributed by atoms with E-state index >= 15 is 0 Å². The molecule has 1 heterocycles. The summed E-state index contributed by atoms with van der Waals surface area (Å²) in [6.07, 6.45) is 0.743. The van der Waals surface area contributed by atoms with Crippen LogP contribution < -0.4 is 4.74 Å². The van der Waals surface area contributed by atoms with Crippen LogP contribution in [0.5, 0.6) is 5.75 Å². The fourth-order valence-electron chi connectivity index (χ4n) is 4.00. The molecule has 0 saturated carbocycles. The van der Waals surface area contributed by atoms with E-state index in [-0.39, 0.29) is 11.3 Å². The molecule has 0 radical (unpaired) electrons. The number of ether oxygens (including phenoxy) is 1. The van der Waals surface area contributed by atoms with Crippen molar-refractivity contribution in [1.82, 2.24) is 9.80 Å². The second kappa shape index (κ2) is 10.3. The molecule has 6 heteroatoms. The van der Waals surface area contributed by atoms with Crippen LogP contribution in [0.4, 0.5) is 0 Å². The Labute approximate surface area is 183 Å². The SMILES string of the molecule is CCN(CC)CCCN1C(=O)C(=O)/C(=C(\O)c2ccccc2)C1c1ccc(OC)cc1. The van der Waals surface area contributed by atoms with Crippen molar-refractivity contribution in [3.8, 4) is 5.75 Å². The number of amides is 1. The smallest absolute Gasteiger partial charge is 0.295 e. The molecule has 6 nitrogen and oxygen atoms in total. The average molecular weight is 423 g/mol. The molecule has 0 aliphatic carbocycles. The summed E-state index contributed by atoms with van der Waals surface area (Å²) in [5.41, 5.74) is 1.41. The van der Waals surface area contributed by atoms with Crippen LogP contribution in [0.2, 0.25) is 0 Å². The standard InChI is InChI=1S/C25H30N2O4/c1-4-26(5-2)16-9-17-27-22(18-12-14-20(31-3)15-13-18)21(24(29)25(27)30)23(28)19-10-7-6-8-11-19/h6-8,10-15,22,28H,4-5,9,16-17H2,1-3H3/b23-21-. The lowest BCUT2D eigenvalue weighted by molar-refractivity contribution is -0.140. The van der Waals surface area contributed by atoms with Gasteiger partial charge in [0.05, 0.1) is 18.7 Å². The summed E-state index contributed by atoms with van der Waals surface area (Å²) < 4.78 is 5.25. The predicted molar refractivity (Wildman–Crippen MR) is 121 cm³/mol. The number of aliphatic hydroxyl groups is 1. The zero-order valence-corrected chi connectivity index (χ0v) is 18.4. The first-order valence-electron chi connectivity index (χ1n) is 10.7. The zero-order valence-electron chi connectivity index (χ0n) is 18.4. The Balaban J connectivity index is 2.00. The number of nitrogens with zero attached hydrogens (tertiary/aromatic N) is 2. The number of benzene rings is 2. The van der Waals surface area contributed by atoms with Gasteiger partial charge >= 0.3 is 0 Å². The van der Waals surface area contributed by atoms with Gasteiger partial charge in [0.1, 0.15) is 11.5 Å². The van der Waals surface area contributed by atoms with Crippen LogP contribution in [0.15, 0.2) is 60.2 Å². The molecule has 3 rings (SSSR count). The number of methoxy groups -OCH3 is 1. The Kier molecular flexibility index (Phi) is 7.47. The first-order chi connectivity index (χ1) is 15.0. The lowest BCUT2D eigenvalue weighted by Gasteiger charge is -2.27. The quantitative estimate of drug-likeness (QED) is 0.378. The summed E-state index contributed by atoms with van der Waals surface area (Å²) in [6.45, 7) is 7.35. The number of hydrogen-bond acceptors (Lipinski definition) is 5. The van der Waals surface area contributed by atoms with E-state index in [9.17, 15) is 14.7 Å². The zero-order chi connectivity index (χ0) is 22.4. The van der Waals surface area contributed by atoms with Crippen LogP contribution in [0.3, 0.4) is 0 Å². The minimum absolute atomic E-state index is 0.129. The van der Waals surface area contributed by atoms with Crippen molar-refractivity contribution in [2.75, 3.05) is 33.3 Å². The monoisotopic (exact) mass is 422 g/mol. The average Bonchev–Trinajstić information content (AvgIpc) is 3.07. The van der Waals surface area contributed by atoms with Gasteiger partial charge in [-0.15, -0.1) is 0 Å². The molecule has 1 saturated heterocycles. The Bertz CT molecular complexity index is 934. The fourth-order valence-corrected chi connectivity index (χ4v) is 4.00. The van der Waals surface area contributed by atoms with Crippen molar-refractivity contribution >= 4 is 17.4 Å². The van der Waals surface area contributed by atoms with E-state index in [0.29, 0.717) is 17.9 Å². The minimum Gasteiger partial charge on any atom is -0.507 e. The third-order valence-electron chi connectivity index (χ3n) is 5.79. The van der Waals surface area contributed by atoms with Gasteiger partial charge < -0.3 is 19.6 Å². The van der Waals surface area contributed by atoms with Gasteiger partial charge in [0.15, 0.2) is 0 Å². The third kappa shape index (κ3) is 4.80. The normalized spacial score (nSPS) is 18.1. The highest BCUT2D eigenvalue weighted by atomic mass is 16.5. The summed E-state index contributed by atoms with van der Waals surface area (Å²) >= 11 is 0. The maximum absolute atomic E-state index is 13.0. The van der Waals surface area contributed by atoms with Crippen molar-refractivity contribution in [2.24, 2.45) is 0 Å². The van der Waals surface area contributed by atoms with Crippen LogP contribution in [-0.4, -0.2) is 59.9 Å². The second-order valence-corrected chi connectivity index (χ2v) is 7.51. The van der Waals surface area contributed by atoms with Crippen molar-refractivity contribution in [1.29, 1.82) is 0 Å². The molecule has 1 aliphatic rings. The lowest BCUT2D eigenvalue weighted by Crippen LogP contribution is -2.33. The summed E-state index contributed by atoms with van der Waals surface area (Å²) in [5, 5.41) is 11.0. The van der Waals surface area contributed by atoms with Gasteiger partial charge in [-0.1, -0.05) is 56.3 Å². The van der Waals surface area contributed by atoms with Gasteiger partial charge in [-0.3, -0.25) is 9.59 Å². The summed E-state index contributed by atoms with van der Waals surface area (Å²) in [5.74, 6) is -0.681. The topological polar surface area (TPSA) is 70.1 Å². The number of carbonyl (C=O) groups excluding carboxylic acids is 2. The van der Waals surface area contributed by atoms with E-state index in [1.165, 1.54) is 0 Å². The molecular formula is C25H30N2O4. The van der Waals surface area contributed by atoms with Gasteiger partial charge in [-0.25, -0.2) is 0 Å². The van der Waals surface area contributed by atoms with Gasteiger partial charge in [0.25, 0.3) is 11.7 Å². The van der Waals surface area contributed by atoms with Crippen LogP contribution >= 0.6 is 0 Å². The first-order valence-corrected chi connectivity index (χ1v) is 10.7. The molecule has 31 heavy (non-hydrogen) atoms. The largest absolute Gasteiger partial charge is 0.507 e. The van der Waals surface area contributed by atoms with Crippen LogP contribution in [0, 0.1) is 0 Å². The number of rotatable bonds is 9. The molecule has 1 N–H and O–H groups in total. The molecule has 1 atom stereocenters. The van der Waals surface area contributed by atoms with Crippen molar-refractivity contribution in [2.45, 2.75) is 26.3 Å². The molecule has 0 aromatic heterocycles. The number of likely N-dealkylation sites (tertiary alicyclic amines) is 1. The van der Waals surface area contributed by atoms with Crippen LogP contribution in [0.1, 0.15) is 37.4 Å². The number of Topliss-reactive ketones (excluding diaryl/α,β-unsaturated/α-hetero) is 1. The van der Waals surface area contributed by atoms with E-state index < -0.39 is 17.7 Å². The maximum atomic E-state index is 13.0. The molecule has 0 bridgehead atoms. The Hall–Kier alpha value is -3.12. The van der Waals surface area contributed by atoms with Crippen molar-refractivity contribution in [3.63, 3.8) is 0 Å². The highest BCUT2D eigenvalue weighted by Crippen LogP contribution is 2.39. The number of ketones is 1. The van der Waals surface area contributed by atoms with E-state index in [2.05, 4.69) is 18.7 Å². The van der Waals surface area contributed by atoms with E-state index in [4.69, 9.17) is 4.74 Å². The van der Waals surface area contributed by atoms with Crippen molar-refractivity contribution < 1.29 is 19.4 Å². The lowest BCUT2D eigenvalue weighted by atomic mass is 9.95. The molecule has 164 valence electrons. The maximum Gasteiger partial charge on any atom is 0.295 e. The third-order valence-corrected chi connectivity index (χ3v) is 5.79. The minimum atomic E-state index is -0.648. The number of carbonyl (C=O) groups is 2. The van der Waals surface area contributed by atoms with Gasteiger partial charge in [0.2, 0.25) is 0 Å². The Morgan fingerprint density at radius 3 is 2.26 bits per heavy atom. The van der Waals surface area contributed by atoms with E-state index in [1.807, 2.05) is 18.2 Å². The first kappa shape index (κ1) is 22.6. The van der Waals surface area contributed by atoms with Gasteiger partial charge in [-0.2, -0.15) is 0 Å². The van der Waals surface area contributed by atoms with E-state index in [0.717, 1.165) is 31.6 Å². The predicted octanol–water partition coefficient (Wildman–Crippen LogP) is 3.85. The molecule has 1 amide bonds. The van der Waals surface area contributed by atoms with Crippen LogP contribution in [0.25, 0.3) is 5.76 Å². The number of aliphatic hydroxyl groups excluding tert-OH is 1. The molecule has 1 fully saturated rings. The molecular weight excluding hydrogens is 392 g/mol. The summed E-state index contributed by atoms with van der Waals surface area (Å²) in [4.78, 5) is 29.8. The van der Waals surface area contributed by atoms with Crippen LogP contribution in [-0.2, 0) is 9.59 Å². The second-order valence-electron chi connectivity index (χ2n) is 7.51. The molecule has 2 aromatic rings. The highest BCUT2D eigenvalue weighted by Gasteiger charge is 2.45. The van der Waals surface area contributed by atoms with Crippen molar-refractivity contribution in [3.05, 3.63) is 71.3 Å². The summed E-state index contributed by atoms with van der Waals surface area (Å²) in [6, 6.07) is 15.5. The summed E-state index contributed by atoms with van der Waals surface area (Å²) in [7, 11) is 1.59. The molecule has 2 aromatic carbocycles. The van der Waals surface area contributed by atoms with Gasteiger partial charge in [0, 0.05) is 12.1 Å². The van der Waals surface area contributed by atoms with E-state index in [1.54, 1.807) is 48.4 Å². The Morgan fingerprint density at radius 2 is 1.68 bits per heavy atom. The number of hydrogen-bond donors (Lipinski definition) is 1. The Morgan fingerprint density at radius 1 is 1.03 bits per heavy atom. The molecule has 1 aliphatic heterocycles. The fraction of sp³-hybridized carbons (Fsp3) is 0.360. The molecule has 1 unspecified atom stereocenters.